The zero-order valence-electron chi connectivity index (χ0n) is 18.3. The second kappa shape index (κ2) is 7.42. The van der Waals surface area contributed by atoms with Gasteiger partial charge in [-0.25, -0.2) is 4.98 Å². The van der Waals surface area contributed by atoms with E-state index < -0.39 is 0 Å². The fourth-order valence-electron chi connectivity index (χ4n) is 4.90. The minimum absolute atomic E-state index is 0.855. The summed E-state index contributed by atoms with van der Waals surface area (Å²) in [6.45, 7) is 0. The van der Waals surface area contributed by atoms with Crippen molar-refractivity contribution in [1.29, 1.82) is 0 Å². The highest BCUT2D eigenvalue weighted by Crippen LogP contribution is 2.48. The van der Waals surface area contributed by atoms with Crippen molar-refractivity contribution < 1.29 is 0 Å². The Morgan fingerprint density at radius 1 is 0.559 bits per heavy atom. The topological polar surface area (TPSA) is 34.0 Å². The molecule has 0 aliphatic carbocycles. The van der Waals surface area contributed by atoms with Crippen molar-refractivity contribution in [2.45, 2.75) is 0 Å². The molecule has 0 radical (unpaired) electrons. The number of hydrogen-bond acceptors (Lipinski definition) is 3. The van der Waals surface area contributed by atoms with E-state index in [1.54, 1.807) is 0 Å². The molecule has 0 saturated carbocycles. The average molecular weight is 437 g/mol. The Labute approximate surface area is 197 Å². The Balaban J connectivity index is 1.51. The lowest BCUT2D eigenvalue weighted by atomic mass is 10.0. The number of benzene rings is 4. The van der Waals surface area contributed by atoms with Crippen molar-refractivity contribution in [3.8, 4) is 28.3 Å². The maximum atomic E-state index is 5.02. The number of imidazole rings is 1. The third-order valence-electron chi connectivity index (χ3n) is 6.37. The molecule has 2 aromatic heterocycles. The molecule has 4 nitrogen and oxygen atoms in total. The molecule has 160 valence electrons. The van der Waals surface area contributed by atoms with E-state index >= 15 is 0 Å². The van der Waals surface area contributed by atoms with Gasteiger partial charge in [0.1, 0.15) is 5.69 Å². The van der Waals surface area contributed by atoms with Crippen LogP contribution in [0.4, 0.5) is 17.1 Å². The first kappa shape index (κ1) is 18.8. The molecule has 0 fully saturated rings. The van der Waals surface area contributed by atoms with Crippen LogP contribution in [0.3, 0.4) is 0 Å². The highest BCUT2D eigenvalue weighted by molar-refractivity contribution is 6.03. The van der Waals surface area contributed by atoms with Crippen LogP contribution in [-0.2, 0) is 0 Å². The molecule has 0 spiro atoms. The van der Waals surface area contributed by atoms with Crippen molar-refractivity contribution in [2.24, 2.45) is 0 Å². The molecule has 4 aromatic carbocycles. The van der Waals surface area contributed by atoms with Crippen LogP contribution in [0.5, 0.6) is 0 Å². The number of aromatic nitrogens is 3. The monoisotopic (exact) mass is 436 g/mol. The van der Waals surface area contributed by atoms with Gasteiger partial charge in [-0.3, -0.25) is 9.55 Å². The van der Waals surface area contributed by atoms with Crippen molar-refractivity contribution in [2.75, 3.05) is 4.90 Å². The van der Waals surface area contributed by atoms with Gasteiger partial charge < -0.3 is 4.90 Å². The molecule has 7 rings (SSSR count). The number of anilines is 3. The van der Waals surface area contributed by atoms with Gasteiger partial charge in [-0.1, -0.05) is 66.7 Å². The molecule has 4 heteroatoms. The summed E-state index contributed by atoms with van der Waals surface area (Å²) in [6, 6.07) is 40.0. The van der Waals surface area contributed by atoms with Crippen LogP contribution in [0.1, 0.15) is 0 Å². The second-order valence-electron chi connectivity index (χ2n) is 8.37. The molecular formula is C30H20N4. The van der Waals surface area contributed by atoms with Gasteiger partial charge in [0, 0.05) is 11.9 Å². The molecular weight excluding hydrogens is 416 g/mol. The lowest BCUT2D eigenvalue weighted by Gasteiger charge is -2.33. The first-order valence-electron chi connectivity index (χ1n) is 11.4. The maximum absolute atomic E-state index is 5.02. The number of rotatable bonds is 3. The van der Waals surface area contributed by atoms with Crippen LogP contribution in [0, 0.1) is 0 Å². The van der Waals surface area contributed by atoms with Crippen molar-refractivity contribution in [1.82, 2.24) is 14.5 Å². The van der Waals surface area contributed by atoms with E-state index in [0.717, 1.165) is 45.3 Å². The first-order chi connectivity index (χ1) is 16.9. The molecule has 0 N–H and O–H groups in total. The van der Waals surface area contributed by atoms with Gasteiger partial charge in [0.25, 0.3) is 0 Å². The third kappa shape index (κ3) is 2.79. The molecule has 1 aliphatic rings. The minimum atomic E-state index is 0.855. The zero-order valence-corrected chi connectivity index (χ0v) is 18.3. The summed E-state index contributed by atoms with van der Waals surface area (Å²) in [6.07, 6.45) is 1.82. The van der Waals surface area contributed by atoms with Crippen LogP contribution < -0.4 is 4.90 Å². The zero-order chi connectivity index (χ0) is 22.5. The SMILES string of the molecule is c1ccc(-c2cccc(N3c4ccccc4-n4c(-c5ccccn5)nc5cccc3c54)c2)cc1. The van der Waals surface area contributed by atoms with E-state index in [0.29, 0.717) is 0 Å². The van der Waals surface area contributed by atoms with Crippen LogP contribution in [-0.4, -0.2) is 14.5 Å². The summed E-state index contributed by atoms with van der Waals surface area (Å²) < 4.78 is 2.25. The van der Waals surface area contributed by atoms with Gasteiger partial charge in [-0.05, 0) is 59.7 Å². The Hall–Kier alpha value is -4.70. The van der Waals surface area contributed by atoms with Gasteiger partial charge in [-0.2, -0.15) is 0 Å². The Morgan fingerprint density at radius 3 is 2.15 bits per heavy atom. The van der Waals surface area contributed by atoms with Crippen LogP contribution in [0.25, 0.3) is 39.4 Å². The number of hydrogen-bond donors (Lipinski definition) is 0. The highest BCUT2D eigenvalue weighted by atomic mass is 15.2. The second-order valence-corrected chi connectivity index (χ2v) is 8.37. The largest absolute Gasteiger partial charge is 0.306 e. The van der Waals surface area contributed by atoms with Gasteiger partial charge >= 0.3 is 0 Å². The molecule has 0 saturated heterocycles. The summed E-state index contributed by atoms with van der Waals surface area (Å²) in [5, 5.41) is 0. The summed E-state index contributed by atoms with van der Waals surface area (Å²) in [4.78, 5) is 12.0. The molecule has 0 atom stereocenters. The lowest BCUT2D eigenvalue weighted by molar-refractivity contribution is 1.05. The normalized spacial score (nSPS) is 12.1. The Kier molecular flexibility index (Phi) is 4.11. The maximum Gasteiger partial charge on any atom is 0.164 e. The standard InChI is InChI=1S/C30H20N4/c1-2-10-21(11-3-1)22-12-8-13-23(20-22)33-26-16-4-5-17-27(26)34-29-24(15-9-18-28(29)33)32-30(34)25-14-6-7-19-31-25/h1-20H. The molecule has 0 unspecified atom stereocenters. The van der Waals surface area contributed by atoms with Crippen molar-refractivity contribution in [3.63, 3.8) is 0 Å². The van der Waals surface area contributed by atoms with Gasteiger partial charge in [0.15, 0.2) is 5.82 Å². The summed E-state index contributed by atoms with van der Waals surface area (Å²) >= 11 is 0. The molecule has 1 aliphatic heterocycles. The van der Waals surface area contributed by atoms with Gasteiger partial charge in [0.2, 0.25) is 0 Å². The Bertz CT molecular complexity index is 1650. The summed E-state index contributed by atoms with van der Waals surface area (Å²) in [7, 11) is 0. The fraction of sp³-hybridized carbons (Fsp3) is 0. The first-order valence-corrected chi connectivity index (χ1v) is 11.4. The molecule has 0 bridgehead atoms. The van der Waals surface area contributed by atoms with E-state index in [2.05, 4.69) is 112 Å². The minimum Gasteiger partial charge on any atom is -0.306 e. The number of nitrogens with zero attached hydrogens (tertiary/aromatic N) is 4. The lowest BCUT2D eigenvalue weighted by Crippen LogP contribution is -2.18. The number of pyridine rings is 1. The number of para-hydroxylation sites is 3. The summed E-state index contributed by atoms with van der Waals surface area (Å²) in [5.74, 6) is 0.855. The fourth-order valence-corrected chi connectivity index (χ4v) is 4.90. The van der Waals surface area contributed by atoms with Crippen molar-refractivity contribution in [3.05, 3.63) is 121 Å². The highest BCUT2D eigenvalue weighted by Gasteiger charge is 2.29. The quantitative estimate of drug-likeness (QED) is 0.287. The summed E-state index contributed by atoms with van der Waals surface area (Å²) in [5.41, 5.74) is 9.73. The average Bonchev–Trinajstić information content (AvgIpc) is 3.31. The van der Waals surface area contributed by atoms with E-state index in [1.165, 1.54) is 11.1 Å². The smallest absolute Gasteiger partial charge is 0.164 e. The van der Waals surface area contributed by atoms with E-state index in [1.807, 2.05) is 24.4 Å². The Morgan fingerprint density at radius 2 is 1.29 bits per heavy atom. The van der Waals surface area contributed by atoms with E-state index in [4.69, 9.17) is 4.98 Å². The predicted molar refractivity (Wildman–Crippen MR) is 138 cm³/mol. The number of fused-ring (bicyclic) bond motifs is 2. The van der Waals surface area contributed by atoms with Crippen LogP contribution >= 0.6 is 0 Å². The van der Waals surface area contributed by atoms with E-state index in [9.17, 15) is 0 Å². The van der Waals surface area contributed by atoms with Gasteiger partial charge in [-0.15, -0.1) is 0 Å². The molecule has 3 heterocycles. The van der Waals surface area contributed by atoms with E-state index in [-0.39, 0.29) is 0 Å². The molecule has 0 amide bonds. The van der Waals surface area contributed by atoms with Gasteiger partial charge in [0.05, 0.1) is 28.1 Å². The van der Waals surface area contributed by atoms with Crippen LogP contribution in [0.15, 0.2) is 121 Å². The molecule has 34 heavy (non-hydrogen) atoms. The molecule has 6 aromatic rings. The van der Waals surface area contributed by atoms with Crippen LogP contribution in [0.2, 0.25) is 0 Å². The third-order valence-corrected chi connectivity index (χ3v) is 6.37. The van der Waals surface area contributed by atoms with Crippen molar-refractivity contribution >= 4 is 28.1 Å². The predicted octanol–water partition coefficient (Wildman–Crippen LogP) is 7.54.